The van der Waals surface area contributed by atoms with E-state index in [9.17, 15) is 26.4 Å². The number of aliphatic carboxylic acids is 1. The van der Waals surface area contributed by atoms with Crippen LogP contribution >= 0.6 is 11.6 Å². The first-order valence-corrected chi connectivity index (χ1v) is 10.8. The lowest BCUT2D eigenvalue weighted by atomic mass is 10.1. The number of alkyl halides is 3. The van der Waals surface area contributed by atoms with E-state index in [1.807, 2.05) is 0 Å². The van der Waals surface area contributed by atoms with Crippen LogP contribution in [0.4, 0.5) is 13.2 Å². The van der Waals surface area contributed by atoms with Gasteiger partial charge in [0, 0.05) is 13.1 Å². The molecule has 0 radical (unpaired) electrons. The summed E-state index contributed by atoms with van der Waals surface area (Å²) in [6, 6.07) is 6.19. The molecule has 12 heteroatoms. The highest BCUT2D eigenvalue weighted by Gasteiger charge is 2.32. The molecule has 2 aromatic carbocycles. The standard InChI is InChI=1S/C19H17ClF3NO6S/c20-16-11-15(31(27,28)24-3-5-29-6-4-24)1-2-17(16)30-14-8-12(9-18(25)26)7-13(10-14)19(21,22)23/h1-2,7-8,10-11H,3-6,9H2,(H,25,26). The van der Waals surface area contributed by atoms with Crippen LogP contribution in [-0.2, 0) is 32.2 Å². The third kappa shape index (κ3) is 5.67. The molecule has 0 unspecified atom stereocenters. The summed E-state index contributed by atoms with van der Waals surface area (Å²) in [6.45, 7) is 0.911. The molecule has 168 valence electrons. The topological polar surface area (TPSA) is 93.1 Å². The monoisotopic (exact) mass is 479 g/mol. The minimum atomic E-state index is -4.72. The van der Waals surface area contributed by atoms with Crippen molar-refractivity contribution in [2.75, 3.05) is 26.3 Å². The zero-order valence-corrected chi connectivity index (χ0v) is 17.4. The number of nitrogens with zero attached hydrogens (tertiary/aromatic N) is 1. The number of hydrogen-bond acceptors (Lipinski definition) is 5. The second kappa shape index (κ2) is 9.03. The van der Waals surface area contributed by atoms with Gasteiger partial charge in [-0.15, -0.1) is 0 Å². The normalized spacial score (nSPS) is 15.6. The van der Waals surface area contributed by atoms with Crippen LogP contribution in [0.25, 0.3) is 0 Å². The van der Waals surface area contributed by atoms with E-state index in [1.165, 1.54) is 16.4 Å². The smallest absolute Gasteiger partial charge is 0.416 e. The van der Waals surface area contributed by atoms with Crippen LogP contribution < -0.4 is 4.74 Å². The van der Waals surface area contributed by atoms with Crippen LogP contribution in [-0.4, -0.2) is 50.1 Å². The van der Waals surface area contributed by atoms with E-state index < -0.39 is 34.2 Å². The van der Waals surface area contributed by atoms with E-state index in [-0.39, 0.29) is 53.3 Å². The number of morpholine rings is 1. The molecule has 31 heavy (non-hydrogen) atoms. The SMILES string of the molecule is O=C(O)Cc1cc(Oc2ccc(S(=O)(=O)N3CCOCC3)cc2Cl)cc(C(F)(F)F)c1. The maximum absolute atomic E-state index is 13.2. The predicted octanol–water partition coefficient (Wildman–Crippen LogP) is 3.80. The largest absolute Gasteiger partial charge is 0.481 e. The average molecular weight is 480 g/mol. The van der Waals surface area contributed by atoms with E-state index >= 15 is 0 Å². The van der Waals surface area contributed by atoms with Crippen LogP contribution in [0.2, 0.25) is 5.02 Å². The molecule has 1 aliphatic heterocycles. The number of hydrogen-bond donors (Lipinski definition) is 1. The Bertz CT molecular complexity index is 1080. The van der Waals surface area contributed by atoms with E-state index in [0.29, 0.717) is 6.07 Å². The lowest BCUT2D eigenvalue weighted by Crippen LogP contribution is -2.40. The van der Waals surface area contributed by atoms with Gasteiger partial charge in [0.15, 0.2) is 0 Å². The molecular weight excluding hydrogens is 463 g/mol. The zero-order valence-electron chi connectivity index (χ0n) is 15.9. The van der Waals surface area contributed by atoms with Crippen molar-refractivity contribution in [2.45, 2.75) is 17.5 Å². The molecule has 2 aromatic rings. The highest BCUT2D eigenvalue weighted by molar-refractivity contribution is 7.89. The first-order valence-electron chi connectivity index (χ1n) is 8.95. The van der Waals surface area contributed by atoms with Gasteiger partial charge in [0.05, 0.1) is 35.1 Å². The molecule has 1 N–H and O–H groups in total. The Morgan fingerprint density at radius 1 is 1.16 bits per heavy atom. The molecule has 0 atom stereocenters. The Labute approximate surface area is 181 Å². The summed E-state index contributed by atoms with van der Waals surface area (Å²) >= 11 is 6.13. The molecule has 1 aliphatic rings. The summed E-state index contributed by atoms with van der Waals surface area (Å²) in [5.74, 6) is -1.67. The summed E-state index contributed by atoms with van der Waals surface area (Å²) in [7, 11) is -3.82. The van der Waals surface area contributed by atoms with Gasteiger partial charge >= 0.3 is 12.1 Å². The fourth-order valence-electron chi connectivity index (χ4n) is 2.95. The van der Waals surface area contributed by atoms with Crippen molar-refractivity contribution in [3.63, 3.8) is 0 Å². The molecule has 3 rings (SSSR count). The zero-order chi connectivity index (χ0) is 22.8. The van der Waals surface area contributed by atoms with Gasteiger partial charge in [-0.05, 0) is 42.0 Å². The highest BCUT2D eigenvalue weighted by Crippen LogP contribution is 2.37. The van der Waals surface area contributed by atoms with Gasteiger partial charge in [-0.2, -0.15) is 17.5 Å². The summed E-state index contributed by atoms with van der Waals surface area (Å²) in [4.78, 5) is 10.8. The van der Waals surface area contributed by atoms with Gasteiger partial charge in [0.1, 0.15) is 11.5 Å². The molecule has 0 aromatic heterocycles. The molecule has 1 saturated heterocycles. The van der Waals surface area contributed by atoms with Crippen molar-refractivity contribution >= 4 is 27.6 Å². The Kier molecular flexibility index (Phi) is 6.79. The Morgan fingerprint density at radius 3 is 2.42 bits per heavy atom. The van der Waals surface area contributed by atoms with Gasteiger partial charge in [0.2, 0.25) is 10.0 Å². The van der Waals surface area contributed by atoms with Crippen LogP contribution in [0.3, 0.4) is 0 Å². The van der Waals surface area contributed by atoms with Crippen molar-refractivity contribution in [2.24, 2.45) is 0 Å². The maximum Gasteiger partial charge on any atom is 0.416 e. The van der Waals surface area contributed by atoms with Crippen molar-refractivity contribution in [3.05, 3.63) is 52.5 Å². The fourth-order valence-corrected chi connectivity index (χ4v) is 4.67. The molecule has 1 heterocycles. The number of carboxylic acids is 1. The molecule has 0 spiro atoms. The molecule has 0 aliphatic carbocycles. The number of carboxylic acid groups (broad SMARTS) is 1. The summed E-state index contributed by atoms with van der Waals surface area (Å²) < 4.78 is 76.7. The van der Waals surface area contributed by atoms with E-state index in [1.54, 1.807) is 0 Å². The maximum atomic E-state index is 13.2. The first kappa shape index (κ1) is 23.3. The third-order valence-electron chi connectivity index (χ3n) is 4.39. The minimum absolute atomic E-state index is 0.0804. The predicted molar refractivity (Wildman–Crippen MR) is 104 cm³/mol. The van der Waals surface area contributed by atoms with Crippen molar-refractivity contribution in [1.82, 2.24) is 4.31 Å². The molecule has 7 nitrogen and oxygen atoms in total. The third-order valence-corrected chi connectivity index (χ3v) is 6.58. The lowest BCUT2D eigenvalue weighted by molar-refractivity contribution is -0.138. The number of ether oxygens (including phenoxy) is 2. The second-order valence-corrected chi connectivity index (χ2v) is 8.99. The quantitative estimate of drug-likeness (QED) is 0.677. The Hall–Kier alpha value is -2.34. The first-order chi connectivity index (χ1) is 14.5. The number of sulfonamides is 1. The molecule has 0 amide bonds. The van der Waals surface area contributed by atoms with Gasteiger partial charge in [-0.3, -0.25) is 4.79 Å². The Balaban J connectivity index is 1.90. The molecular formula is C19H17ClF3NO6S. The summed E-state index contributed by atoms with van der Waals surface area (Å²) in [6.07, 6.45) is -5.35. The molecule has 0 bridgehead atoms. The van der Waals surface area contributed by atoms with Crippen molar-refractivity contribution in [3.8, 4) is 11.5 Å². The Morgan fingerprint density at radius 2 is 1.84 bits per heavy atom. The van der Waals surface area contributed by atoms with Crippen molar-refractivity contribution < 1.29 is 41.0 Å². The van der Waals surface area contributed by atoms with Crippen LogP contribution in [0.1, 0.15) is 11.1 Å². The van der Waals surface area contributed by atoms with Crippen LogP contribution in [0.15, 0.2) is 41.3 Å². The fraction of sp³-hybridized carbons (Fsp3) is 0.316. The number of rotatable bonds is 6. The van der Waals surface area contributed by atoms with Gasteiger partial charge in [-0.25, -0.2) is 8.42 Å². The lowest BCUT2D eigenvalue weighted by Gasteiger charge is -2.26. The summed E-state index contributed by atoms with van der Waals surface area (Å²) in [5, 5.41) is 8.75. The van der Waals surface area contributed by atoms with Crippen molar-refractivity contribution in [1.29, 1.82) is 0 Å². The minimum Gasteiger partial charge on any atom is -0.481 e. The average Bonchev–Trinajstić information content (AvgIpc) is 2.69. The molecule has 0 saturated carbocycles. The summed E-state index contributed by atoms with van der Waals surface area (Å²) in [5.41, 5.74) is -1.19. The van der Waals surface area contributed by atoms with Gasteiger partial charge in [-0.1, -0.05) is 11.6 Å². The van der Waals surface area contributed by atoms with E-state index in [0.717, 1.165) is 18.2 Å². The van der Waals surface area contributed by atoms with E-state index in [4.69, 9.17) is 26.2 Å². The molecule has 1 fully saturated rings. The van der Waals surface area contributed by atoms with Crippen LogP contribution in [0.5, 0.6) is 11.5 Å². The van der Waals surface area contributed by atoms with Crippen LogP contribution in [0, 0.1) is 0 Å². The number of halogens is 4. The van der Waals surface area contributed by atoms with Gasteiger partial charge < -0.3 is 14.6 Å². The second-order valence-electron chi connectivity index (χ2n) is 6.64. The van der Waals surface area contributed by atoms with E-state index in [2.05, 4.69) is 0 Å². The van der Waals surface area contributed by atoms with Gasteiger partial charge in [0.25, 0.3) is 0 Å². The highest BCUT2D eigenvalue weighted by atomic mass is 35.5. The number of carbonyl (C=O) groups is 1. The number of benzene rings is 2.